The maximum Gasteiger partial charge on any atom is 0.0598 e. The molecular weight excluding hydrogens is 280 g/mol. The summed E-state index contributed by atoms with van der Waals surface area (Å²) in [6.45, 7) is 2.88. The summed E-state index contributed by atoms with van der Waals surface area (Å²) < 4.78 is 0. The van der Waals surface area contributed by atoms with E-state index in [4.69, 9.17) is 0 Å². The molecular formula is C21H22N2. The molecule has 0 bridgehead atoms. The fourth-order valence-corrected chi connectivity index (χ4v) is 2.67. The average molecular weight is 302 g/mol. The van der Waals surface area contributed by atoms with Crippen molar-refractivity contribution in [3.63, 3.8) is 0 Å². The van der Waals surface area contributed by atoms with E-state index in [-0.39, 0.29) is 0 Å². The number of para-hydroxylation sites is 1. The molecule has 0 atom stereocenters. The molecule has 0 radical (unpaired) electrons. The molecule has 0 saturated heterocycles. The third-order valence-corrected chi connectivity index (χ3v) is 3.94. The topological polar surface area (TPSA) is 24.9 Å². The molecule has 0 unspecified atom stereocenters. The highest BCUT2D eigenvalue weighted by Crippen LogP contribution is 2.19. The summed E-state index contributed by atoms with van der Waals surface area (Å²) in [6.07, 6.45) is 1.91. The van der Waals surface area contributed by atoms with Crippen molar-refractivity contribution in [3.05, 3.63) is 95.3 Å². The van der Waals surface area contributed by atoms with Gasteiger partial charge in [0.25, 0.3) is 0 Å². The molecule has 0 spiro atoms. The third kappa shape index (κ3) is 4.19. The molecule has 0 amide bonds. The Bertz CT molecular complexity index is 751. The highest BCUT2D eigenvalue weighted by Gasteiger charge is 2.04. The molecule has 0 fully saturated rings. The SMILES string of the molecule is CCc1cccc(CNc2ccccc2Cc2ccccc2)n1. The van der Waals surface area contributed by atoms with Gasteiger partial charge < -0.3 is 5.32 Å². The lowest BCUT2D eigenvalue weighted by Gasteiger charge is -2.12. The second-order valence-corrected chi connectivity index (χ2v) is 5.65. The first-order valence-electron chi connectivity index (χ1n) is 8.15. The van der Waals surface area contributed by atoms with Gasteiger partial charge in [-0.15, -0.1) is 0 Å². The molecule has 23 heavy (non-hydrogen) atoms. The van der Waals surface area contributed by atoms with Crippen LogP contribution in [0.5, 0.6) is 0 Å². The first-order valence-corrected chi connectivity index (χ1v) is 8.15. The van der Waals surface area contributed by atoms with Crippen molar-refractivity contribution in [3.8, 4) is 0 Å². The zero-order valence-electron chi connectivity index (χ0n) is 13.5. The van der Waals surface area contributed by atoms with E-state index in [1.54, 1.807) is 0 Å². The molecule has 0 aliphatic carbocycles. The molecule has 3 rings (SSSR count). The van der Waals surface area contributed by atoms with E-state index in [2.05, 4.69) is 90.0 Å². The van der Waals surface area contributed by atoms with Crippen molar-refractivity contribution in [2.24, 2.45) is 0 Å². The van der Waals surface area contributed by atoms with Gasteiger partial charge in [-0.25, -0.2) is 0 Å². The van der Waals surface area contributed by atoms with E-state index in [0.717, 1.165) is 30.8 Å². The normalized spacial score (nSPS) is 10.5. The van der Waals surface area contributed by atoms with Crippen LogP contribution in [-0.2, 0) is 19.4 Å². The van der Waals surface area contributed by atoms with Crippen LogP contribution < -0.4 is 5.32 Å². The molecule has 1 N–H and O–H groups in total. The minimum Gasteiger partial charge on any atom is -0.379 e. The fraction of sp³-hybridized carbons (Fsp3) is 0.190. The van der Waals surface area contributed by atoms with Crippen molar-refractivity contribution in [2.45, 2.75) is 26.3 Å². The first-order chi connectivity index (χ1) is 11.3. The van der Waals surface area contributed by atoms with Gasteiger partial charge in [0.15, 0.2) is 0 Å². The van der Waals surface area contributed by atoms with Gasteiger partial charge in [0.2, 0.25) is 0 Å². The summed E-state index contributed by atoms with van der Waals surface area (Å²) in [5, 5.41) is 3.54. The van der Waals surface area contributed by atoms with E-state index in [0.29, 0.717) is 0 Å². The number of nitrogens with zero attached hydrogens (tertiary/aromatic N) is 1. The summed E-state index contributed by atoms with van der Waals surface area (Å²) in [5.41, 5.74) is 6.04. The van der Waals surface area contributed by atoms with E-state index in [1.807, 2.05) is 0 Å². The standard InChI is InChI=1S/C21H22N2/c1-2-19-12-8-13-20(23-19)16-22-21-14-7-6-11-18(21)15-17-9-4-3-5-10-17/h3-14,22H,2,15-16H2,1H3. The Morgan fingerprint density at radius 2 is 1.52 bits per heavy atom. The minimum atomic E-state index is 0.750. The monoisotopic (exact) mass is 302 g/mol. The summed E-state index contributed by atoms with van der Waals surface area (Å²) in [7, 11) is 0. The number of anilines is 1. The highest BCUT2D eigenvalue weighted by molar-refractivity contribution is 5.52. The third-order valence-electron chi connectivity index (χ3n) is 3.94. The van der Waals surface area contributed by atoms with Crippen LogP contribution in [-0.4, -0.2) is 4.98 Å². The predicted molar refractivity (Wildman–Crippen MR) is 96.6 cm³/mol. The predicted octanol–water partition coefficient (Wildman–Crippen LogP) is 4.85. The number of hydrogen-bond donors (Lipinski definition) is 1. The molecule has 1 aromatic heterocycles. The zero-order chi connectivity index (χ0) is 15.9. The Hall–Kier alpha value is -2.61. The summed E-state index contributed by atoms with van der Waals surface area (Å²) in [6, 6.07) is 25.3. The maximum absolute atomic E-state index is 4.66. The van der Waals surface area contributed by atoms with Crippen molar-refractivity contribution in [1.29, 1.82) is 0 Å². The fourth-order valence-electron chi connectivity index (χ4n) is 2.67. The first kappa shape index (κ1) is 15.3. The van der Waals surface area contributed by atoms with E-state index >= 15 is 0 Å². The van der Waals surface area contributed by atoms with E-state index < -0.39 is 0 Å². The van der Waals surface area contributed by atoms with Crippen LogP contribution in [0.3, 0.4) is 0 Å². The number of nitrogens with one attached hydrogen (secondary N) is 1. The zero-order valence-corrected chi connectivity index (χ0v) is 13.5. The molecule has 2 nitrogen and oxygen atoms in total. The molecule has 2 aromatic carbocycles. The van der Waals surface area contributed by atoms with Crippen LogP contribution in [0.25, 0.3) is 0 Å². The Morgan fingerprint density at radius 3 is 2.35 bits per heavy atom. The minimum absolute atomic E-state index is 0.750. The molecule has 116 valence electrons. The Balaban J connectivity index is 1.72. The summed E-state index contributed by atoms with van der Waals surface area (Å²) in [4.78, 5) is 4.66. The van der Waals surface area contributed by atoms with Crippen molar-refractivity contribution < 1.29 is 0 Å². The number of pyridine rings is 1. The van der Waals surface area contributed by atoms with Gasteiger partial charge in [-0.1, -0.05) is 61.5 Å². The van der Waals surface area contributed by atoms with Crippen LogP contribution in [0.1, 0.15) is 29.4 Å². The van der Waals surface area contributed by atoms with E-state index in [1.165, 1.54) is 16.8 Å². The van der Waals surface area contributed by atoms with Crippen LogP contribution in [0.2, 0.25) is 0 Å². The lowest BCUT2D eigenvalue weighted by atomic mass is 10.0. The van der Waals surface area contributed by atoms with Crippen molar-refractivity contribution in [1.82, 2.24) is 4.98 Å². The van der Waals surface area contributed by atoms with Crippen LogP contribution in [0.4, 0.5) is 5.69 Å². The van der Waals surface area contributed by atoms with Crippen molar-refractivity contribution >= 4 is 5.69 Å². The van der Waals surface area contributed by atoms with Gasteiger partial charge in [-0.3, -0.25) is 4.98 Å². The van der Waals surface area contributed by atoms with Crippen LogP contribution in [0.15, 0.2) is 72.8 Å². The molecule has 0 aliphatic heterocycles. The Labute approximate surface area is 138 Å². The van der Waals surface area contributed by atoms with Crippen molar-refractivity contribution in [2.75, 3.05) is 5.32 Å². The van der Waals surface area contributed by atoms with Gasteiger partial charge in [0.1, 0.15) is 0 Å². The molecule has 3 aromatic rings. The van der Waals surface area contributed by atoms with Crippen LogP contribution >= 0.6 is 0 Å². The Morgan fingerprint density at radius 1 is 0.783 bits per heavy atom. The van der Waals surface area contributed by atoms with Crippen LogP contribution in [0, 0.1) is 0 Å². The maximum atomic E-state index is 4.66. The largest absolute Gasteiger partial charge is 0.379 e. The smallest absolute Gasteiger partial charge is 0.0598 e. The molecule has 0 saturated carbocycles. The number of hydrogen-bond acceptors (Lipinski definition) is 2. The second-order valence-electron chi connectivity index (χ2n) is 5.65. The van der Waals surface area contributed by atoms with E-state index in [9.17, 15) is 0 Å². The van der Waals surface area contributed by atoms with Gasteiger partial charge in [-0.2, -0.15) is 0 Å². The van der Waals surface area contributed by atoms with Gasteiger partial charge >= 0.3 is 0 Å². The summed E-state index contributed by atoms with van der Waals surface area (Å²) >= 11 is 0. The lowest BCUT2D eigenvalue weighted by Crippen LogP contribution is -2.05. The summed E-state index contributed by atoms with van der Waals surface area (Å²) in [5.74, 6) is 0. The van der Waals surface area contributed by atoms with Gasteiger partial charge in [0.05, 0.1) is 12.2 Å². The molecule has 0 aliphatic rings. The number of aromatic nitrogens is 1. The van der Waals surface area contributed by atoms with Gasteiger partial charge in [-0.05, 0) is 42.2 Å². The lowest BCUT2D eigenvalue weighted by molar-refractivity contribution is 0.958. The highest BCUT2D eigenvalue weighted by atomic mass is 14.9. The van der Waals surface area contributed by atoms with Gasteiger partial charge in [0, 0.05) is 11.4 Å². The number of benzene rings is 2. The quantitative estimate of drug-likeness (QED) is 0.704. The number of rotatable bonds is 6. The molecule has 1 heterocycles. The second kappa shape index (κ2) is 7.59. The average Bonchev–Trinajstić information content (AvgIpc) is 2.62. The molecule has 2 heteroatoms. The number of aryl methyl sites for hydroxylation is 1. The Kier molecular flexibility index (Phi) is 5.05.